The molecule has 3 fully saturated rings. The number of rotatable bonds is 4. The maximum absolute atomic E-state index is 13.3. The van der Waals surface area contributed by atoms with Gasteiger partial charge in [-0.3, -0.25) is 10.1 Å². The first kappa shape index (κ1) is 21.9. The predicted octanol–water partition coefficient (Wildman–Crippen LogP) is 5.39. The molecule has 2 aliphatic carbocycles. The fraction of sp³-hybridized carbons (Fsp3) is 0.773. The number of amides is 3. The number of urea groups is 1. The number of nitrogens with zero attached hydrogens (tertiary/aromatic N) is 3. The minimum absolute atomic E-state index is 0.0684. The van der Waals surface area contributed by atoms with Crippen LogP contribution < -0.4 is 5.32 Å². The van der Waals surface area contributed by atoms with Crippen molar-refractivity contribution in [1.29, 1.82) is 0 Å². The van der Waals surface area contributed by atoms with E-state index in [4.69, 9.17) is 11.6 Å². The van der Waals surface area contributed by atoms with Crippen LogP contribution in [0.5, 0.6) is 0 Å². The first-order chi connectivity index (χ1) is 14.5. The molecule has 1 aliphatic heterocycles. The highest BCUT2D eigenvalue weighted by Gasteiger charge is 2.37. The van der Waals surface area contributed by atoms with Crippen molar-refractivity contribution < 1.29 is 9.59 Å². The van der Waals surface area contributed by atoms with Crippen LogP contribution in [0.25, 0.3) is 0 Å². The second-order valence-corrected chi connectivity index (χ2v) is 10.9. The number of hydrogen-bond donors (Lipinski definition) is 1. The molecule has 4 rings (SSSR count). The maximum atomic E-state index is 13.3. The van der Waals surface area contributed by atoms with Crippen molar-refractivity contribution in [3.63, 3.8) is 0 Å². The second-order valence-electron chi connectivity index (χ2n) is 9.26. The Hall–Kier alpha value is -1.34. The molecule has 6 nitrogen and oxygen atoms in total. The van der Waals surface area contributed by atoms with Crippen LogP contribution in [-0.2, 0) is 4.79 Å². The maximum Gasteiger partial charge on any atom is 0.324 e. The average molecular weight is 453 g/mol. The Balaban J connectivity index is 1.41. The largest absolute Gasteiger partial charge is 0.342 e. The van der Waals surface area contributed by atoms with Gasteiger partial charge in [0.25, 0.3) is 0 Å². The molecule has 1 aromatic heterocycles. The monoisotopic (exact) mass is 452 g/mol. The number of carbonyl (C=O) groups is 2. The van der Waals surface area contributed by atoms with E-state index in [1.807, 2.05) is 4.90 Å². The summed E-state index contributed by atoms with van der Waals surface area (Å²) in [5.74, 6) is 1.30. The topological polar surface area (TPSA) is 65.5 Å². The number of halogens is 1. The Labute approximate surface area is 188 Å². The van der Waals surface area contributed by atoms with Crippen LogP contribution in [0.1, 0.15) is 71.1 Å². The molecule has 0 radical (unpaired) electrons. The summed E-state index contributed by atoms with van der Waals surface area (Å²) in [5.41, 5.74) is 0. The third kappa shape index (κ3) is 5.10. The lowest BCUT2D eigenvalue weighted by Gasteiger charge is -2.44. The molecule has 0 atom stereocenters. The lowest BCUT2D eigenvalue weighted by atomic mass is 9.85. The van der Waals surface area contributed by atoms with Crippen LogP contribution >= 0.6 is 22.9 Å². The third-order valence-electron chi connectivity index (χ3n) is 7.18. The Morgan fingerprint density at radius 3 is 2.30 bits per heavy atom. The molecule has 3 aliphatic rings. The number of thiazole rings is 1. The molecule has 166 valence electrons. The van der Waals surface area contributed by atoms with Crippen LogP contribution in [0.2, 0.25) is 4.34 Å². The Bertz CT molecular complexity index is 735. The van der Waals surface area contributed by atoms with Gasteiger partial charge in [0.2, 0.25) is 5.91 Å². The Kier molecular flexibility index (Phi) is 7.19. The molecule has 0 aromatic carbocycles. The van der Waals surface area contributed by atoms with Gasteiger partial charge in [-0.2, -0.15) is 0 Å². The third-order valence-corrected chi connectivity index (χ3v) is 8.21. The standard InChI is InChI=1S/C22H33ClN4O2S/c1-15-6-8-17(9-7-15)27(22(29)25-21-24-14-19(23)30-21)18-10-12-26(13-11-18)20(28)16-4-2-3-5-16/h14-18H,2-13H2,1H3,(H,24,25,29). The number of piperidine rings is 1. The number of likely N-dealkylation sites (tertiary alicyclic amines) is 1. The van der Waals surface area contributed by atoms with Crippen LogP contribution in [0, 0.1) is 11.8 Å². The number of anilines is 1. The molecular formula is C22H33ClN4O2S. The van der Waals surface area contributed by atoms with Crippen molar-refractivity contribution in [1.82, 2.24) is 14.8 Å². The van der Waals surface area contributed by atoms with E-state index in [1.54, 1.807) is 6.20 Å². The van der Waals surface area contributed by atoms with E-state index in [2.05, 4.69) is 22.1 Å². The summed E-state index contributed by atoms with van der Waals surface area (Å²) in [7, 11) is 0. The van der Waals surface area contributed by atoms with Gasteiger partial charge in [-0.1, -0.05) is 42.7 Å². The van der Waals surface area contributed by atoms with E-state index < -0.39 is 0 Å². The van der Waals surface area contributed by atoms with Crippen LogP contribution in [-0.4, -0.2) is 51.9 Å². The van der Waals surface area contributed by atoms with Gasteiger partial charge in [0, 0.05) is 31.1 Å². The molecular weight excluding hydrogens is 420 g/mol. The number of nitrogens with one attached hydrogen (secondary N) is 1. The average Bonchev–Trinajstić information content (AvgIpc) is 3.42. The van der Waals surface area contributed by atoms with E-state index >= 15 is 0 Å². The Morgan fingerprint density at radius 1 is 1.07 bits per heavy atom. The molecule has 1 aromatic rings. The molecule has 0 bridgehead atoms. The molecule has 2 saturated carbocycles. The summed E-state index contributed by atoms with van der Waals surface area (Å²) in [6.07, 6.45) is 12.2. The summed E-state index contributed by atoms with van der Waals surface area (Å²) in [6, 6.07) is 0.367. The van der Waals surface area contributed by atoms with Crippen LogP contribution in [0.15, 0.2) is 6.20 Å². The van der Waals surface area contributed by atoms with Gasteiger partial charge in [-0.05, 0) is 57.3 Å². The van der Waals surface area contributed by atoms with Crippen molar-refractivity contribution >= 4 is 40.0 Å². The zero-order chi connectivity index (χ0) is 21.1. The van der Waals surface area contributed by atoms with E-state index in [-0.39, 0.29) is 24.0 Å². The molecule has 3 amide bonds. The summed E-state index contributed by atoms with van der Waals surface area (Å²) in [6.45, 7) is 3.82. The molecule has 8 heteroatoms. The van der Waals surface area contributed by atoms with Gasteiger partial charge in [0.05, 0.1) is 6.20 Å². The van der Waals surface area contributed by atoms with Crippen molar-refractivity contribution in [2.75, 3.05) is 18.4 Å². The van der Waals surface area contributed by atoms with E-state index in [1.165, 1.54) is 24.2 Å². The van der Waals surface area contributed by atoms with Gasteiger partial charge in [0.15, 0.2) is 5.13 Å². The Morgan fingerprint density at radius 2 is 1.70 bits per heavy atom. The minimum atomic E-state index is -0.0684. The van der Waals surface area contributed by atoms with Gasteiger partial charge in [-0.25, -0.2) is 9.78 Å². The molecule has 1 saturated heterocycles. The molecule has 30 heavy (non-hydrogen) atoms. The molecule has 0 unspecified atom stereocenters. The van der Waals surface area contributed by atoms with Crippen molar-refractivity contribution in [3.05, 3.63) is 10.5 Å². The van der Waals surface area contributed by atoms with Gasteiger partial charge in [0.1, 0.15) is 4.34 Å². The van der Waals surface area contributed by atoms with E-state index in [0.29, 0.717) is 15.4 Å². The first-order valence-corrected chi connectivity index (χ1v) is 12.7. The number of carbonyl (C=O) groups excluding carboxylic acids is 2. The van der Waals surface area contributed by atoms with Crippen molar-refractivity contribution in [3.8, 4) is 0 Å². The quantitative estimate of drug-likeness (QED) is 0.665. The molecule has 0 spiro atoms. The van der Waals surface area contributed by atoms with E-state index in [0.717, 1.165) is 70.4 Å². The fourth-order valence-electron chi connectivity index (χ4n) is 5.41. The van der Waals surface area contributed by atoms with Crippen molar-refractivity contribution in [2.45, 2.75) is 83.2 Å². The highest BCUT2D eigenvalue weighted by molar-refractivity contribution is 7.19. The van der Waals surface area contributed by atoms with Gasteiger partial charge in [-0.15, -0.1) is 0 Å². The lowest BCUT2D eigenvalue weighted by molar-refractivity contribution is -0.136. The number of aromatic nitrogens is 1. The summed E-state index contributed by atoms with van der Waals surface area (Å²) in [4.78, 5) is 34.4. The fourth-order valence-corrected chi connectivity index (χ4v) is 6.22. The smallest absolute Gasteiger partial charge is 0.324 e. The zero-order valence-electron chi connectivity index (χ0n) is 17.8. The van der Waals surface area contributed by atoms with E-state index in [9.17, 15) is 9.59 Å². The van der Waals surface area contributed by atoms with Crippen LogP contribution in [0.3, 0.4) is 0 Å². The summed E-state index contributed by atoms with van der Waals surface area (Å²) >= 11 is 7.28. The lowest BCUT2D eigenvalue weighted by Crippen LogP contribution is -2.54. The number of hydrogen-bond acceptors (Lipinski definition) is 4. The second kappa shape index (κ2) is 9.86. The van der Waals surface area contributed by atoms with Gasteiger partial charge >= 0.3 is 6.03 Å². The summed E-state index contributed by atoms with van der Waals surface area (Å²) < 4.78 is 0.571. The minimum Gasteiger partial charge on any atom is -0.342 e. The molecule has 2 heterocycles. The normalized spacial score (nSPS) is 26.0. The SMILES string of the molecule is CC1CCC(N(C(=O)Nc2ncc(Cl)s2)C2CCN(C(=O)C3CCCC3)CC2)CC1. The summed E-state index contributed by atoms with van der Waals surface area (Å²) in [5, 5.41) is 3.53. The highest BCUT2D eigenvalue weighted by atomic mass is 35.5. The van der Waals surface area contributed by atoms with Crippen molar-refractivity contribution in [2.24, 2.45) is 11.8 Å². The zero-order valence-corrected chi connectivity index (χ0v) is 19.4. The predicted molar refractivity (Wildman–Crippen MR) is 121 cm³/mol. The first-order valence-electron chi connectivity index (χ1n) is 11.5. The highest BCUT2D eigenvalue weighted by Crippen LogP contribution is 2.33. The molecule has 1 N–H and O–H groups in total. The van der Waals surface area contributed by atoms with Crippen LogP contribution in [0.4, 0.5) is 9.93 Å². The van der Waals surface area contributed by atoms with Gasteiger partial charge < -0.3 is 9.80 Å².